The van der Waals surface area contributed by atoms with Gasteiger partial charge in [0.05, 0.1) is 25.7 Å². The number of hydrogen-bond acceptors (Lipinski definition) is 7. The van der Waals surface area contributed by atoms with Crippen molar-refractivity contribution in [1.29, 1.82) is 0 Å². The molecule has 0 N–H and O–H groups in total. The minimum Gasteiger partial charge on any atom is -0.493 e. The molecule has 0 saturated carbocycles. The van der Waals surface area contributed by atoms with Crippen LogP contribution in [0.2, 0.25) is 0 Å². The van der Waals surface area contributed by atoms with E-state index in [1.54, 1.807) is 26.2 Å². The van der Waals surface area contributed by atoms with Crippen LogP contribution in [-0.2, 0) is 14.3 Å². The summed E-state index contributed by atoms with van der Waals surface area (Å²) < 4.78 is 16.1. The molecule has 2 rings (SSSR count). The number of nitrogens with zero attached hydrogens (tertiary/aromatic N) is 1. The topological polar surface area (TPSA) is 65.1 Å². The maximum atomic E-state index is 12.7. The van der Waals surface area contributed by atoms with E-state index in [1.165, 1.54) is 12.0 Å². The monoisotopic (exact) mass is 409 g/mol. The third kappa shape index (κ3) is 5.01. The molecule has 146 valence electrons. The number of hydrogen-bond donors (Lipinski definition) is 0. The molecule has 1 saturated heterocycles. The highest BCUT2D eigenvalue weighted by Gasteiger charge is 2.38. The van der Waals surface area contributed by atoms with Gasteiger partial charge in [0.1, 0.15) is 10.4 Å². The van der Waals surface area contributed by atoms with Crippen LogP contribution in [0.4, 0.5) is 0 Å². The van der Waals surface area contributed by atoms with Crippen molar-refractivity contribution < 1.29 is 23.8 Å². The van der Waals surface area contributed by atoms with Crippen LogP contribution in [0.25, 0.3) is 6.08 Å². The van der Waals surface area contributed by atoms with Crippen LogP contribution < -0.4 is 9.47 Å². The van der Waals surface area contributed by atoms with Crippen molar-refractivity contribution in [2.75, 3.05) is 20.8 Å². The molecule has 1 unspecified atom stereocenters. The van der Waals surface area contributed by atoms with Crippen LogP contribution in [0.15, 0.2) is 23.1 Å². The summed E-state index contributed by atoms with van der Waals surface area (Å²) in [6.45, 7) is 4.31. The minimum atomic E-state index is -0.766. The number of ether oxygens (including phenoxy) is 3. The Hall–Kier alpha value is -2.06. The lowest BCUT2D eigenvalue weighted by Crippen LogP contribution is -2.42. The standard InChI is InChI=1S/C19H23NO5S2/c1-5-6-9-25-14-8-7-13(10-15(14)23-3)11-16-17(21)20(19(26)27-16)12(2)18(22)24-4/h7-8,10-12H,5-6,9H2,1-4H3/b16-11-. The molecule has 0 aliphatic carbocycles. The number of rotatable bonds is 8. The molecule has 8 heteroatoms. The predicted molar refractivity (Wildman–Crippen MR) is 110 cm³/mol. The van der Waals surface area contributed by atoms with Crippen molar-refractivity contribution in [3.05, 3.63) is 28.7 Å². The van der Waals surface area contributed by atoms with Gasteiger partial charge in [-0.05, 0) is 37.1 Å². The van der Waals surface area contributed by atoms with Crippen LogP contribution in [0.1, 0.15) is 32.3 Å². The number of methoxy groups -OCH3 is 2. The Kier molecular flexibility index (Phi) is 7.67. The van der Waals surface area contributed by atoms with Gasteiger partial charge in [-0.25, -0.2) is 4.79 Å². The Morgan fingerprint density at radius 2 is 2.07 bits per heavy atom. The molecule has 6 nitrogen and oxygen atoms in total. The van der Waals surface area contributed by atoms with Crippen LogP contribution >= 0.6 is 24.0 Å². The second kappa shape index (κ2) is 9.75. The summed E-state index contributed by atoms with van der Waals surface area (Å²) >= 11 is 6.41. The average Bonchev–Trinajstić information content (AvgIpc) is 2.94. The highest BCUT2D eigenvalue weighted by molar-refractivity contribution is 8.26. The summed E-state index contributed by atoms with van der Waals surface area (Å²) in [5.74, 6) is 0.432. The number of amides is 1. The van der Waals surface area contributed by atoms with Gasteiger partial charge in [0.15, 0.2) is 11.5 Å². The molecule has 1 heterocycles. The molecule has 0 radical (unpaired) electrons. The molecule has 1 aliphatic heterocycles. The van der Waals surface area contributed by atoms with Gasteiger partial charge in [0.2, 0.25) is 0 Å². The number of carbonyl (C=O) groups is 2. The Labute approximate surface area is 168 Å². The molecule has 0 aromatic heterocycles. The number of benzene rings is 1. The smallest absolute Gasteiger partial charge is 0.328 e. The van der Waals surface area contributed by atoms with Crippen molar-refractivity contribution >= 4 is 46.3 Å². The normalized spacial score (nSPS) is 16.6. The zero-order chi connectivity index (χ0) is 20.0. The van der Waals surface area contributed by atoms with Gasteiger partial charge in [-0.15, -0.1) is 0 Å². The van der Waals surface area contributed by atoms with Gasteiger partial charge >= 0.3 is 5.97 Å². The van der Waals surface area contributed by atoms with E-state index in [0.717, 1.165) is 30.2 Å². The predicted octanol–water partition coefficient (Wildman–Crippen LogP) is 3.64. The summed E-state index contributed by atoms with van der Waals surface area (Å²) in [7, 11) is 2.85. The van der Waals surface area contributed by atoms with Crippen molar-refractivity contribution in [2.45, 2.75) is 32.7 Å². The summed E-state index contributed by atoms with van der Waals surface area (Å²) in [4.78, 5) is 26.1. The maximum absolute atomic E-state index is 12.7. The van der Waals surface area contributed by atoms with Crippen LogP contribution in [-0.4, -0.2) is 48.0 Å². The number of carbonyl (C=O) groups excluding carboxylic acids is 2. The zero-order valence-corrected chi connectivity index (χ0v) is 17.4. The van der Waals surface area contributed by atoms with Crippen LogP contribution in [0, 0.1) is 0 Å². The molecule has 1 aromatic rings. The molecule has 1 fully saturated rings. The third-order valence-electron chi connectivity index (χ3n) is 3.99. The van der Waals surface area contributed by atoms with Crippen molar-refractivity contribution in [2.24, 2.45) is 0 Å². The Bertz CT molecular complexity index is 762. The maximum Gasteiger partial charge on any atom is 0.328 e. The summed E-state index contributed by atoms with van der Waals surface area (Å²) in [5.41, 5.74) is 0.779. The van der Waals surface area contributed by atoms with Gasteiger partial charge in [-0.1, -0.05) is 43.4 Å². The zero-order valence-electron chi connectivity index (χ0n) is 15.8. The first kappa shape index (κ1) is 21.2. The fourth-order valence-electron chi connectivity index (χ4n) is 2.46. The first-order valence-corrected chi connectivity index (χ1v) is 9.81. The van der Waals surface area contributed by atoms with Gasteiger partial charge in [-0.3, -0.25) is 9.69 Å². The fourth-order valence-corrected chi connectivity index (χ4v) is 3.88. The van der Waals surface area contributed by atoms with Crippen molar-refractivity contribution in [3.8, 4) is 11.5 Å². The summed E-state index contributed by atoms with van der Waals surface area (Å²) in [5, 5.41) is 0. The summed E-state index contributed by atoms with van der Waals surface area (Å²) in [6, 6.07) is 4.70. The second-order valence-electron chi connectivity index (χ2n) is 5.86. The Morgan fingerprint density at radius 1 is 1.33 bits per heavy atom. The molecule has 1 amide bonds. The van der Waals surface area contributed by atoms with Crippen molar-refractivity contribution in [3.63, 3.8) is 0 Å². The molecular weight excluding hydrogens is 386 g/mol. The molecule has 0 bridgehead atoms. The quantitative estimate of drug-likeness (QED) is 0.281. The Balaban J connectivity index is 2.22. The van der Waals surface area contributed by atoms with Crippen LogP contribution in [0.5, 0.6) is 11.5 Å². The highest BCUT2D eigenvalue weighted by Crippen LogP contribution is 2.35. The lowest BCUT2D eigenvalue weighted by Gasteiger charge is -2.20. The molecule has 0 spiro atoms. The van der Waals surface area contributed by atoms with E-state index in [2.05, 4.69) is 6.92 Å². The van der Waals surface area contributed by atoms with Gasteiger partial charge in [0.25, 0.3) is 5.91 Å². The fraction of sp³-hybridized carbons (Fsp3) is 0.421. The van der Waals surface area contributed by atoms with E-state index < -0.39 is 12.0 Å². The van der Waals surface area contributed by atoms with E-state index in [4.69, 9.17) is 26.4 Å². The van der Waals surface area contributed by atoms with Crippen molar-refractivity contribution in [1.82, 2.24) is 4.90 Å². The molecule has 1 aromatic carbocycles. The number of thioether (sulfide) groups is 1. The van der Waals surface area contributed by atoms with E-state index in [1.807, 2.05) is 12.1 Å². The first-order valence-electron chi connectivity index (χ1n) is 8.58. The van der Waals surface area contributed by atoms with E-state index in [0.29, 0.717) is 27.3 Å². The van der Waals surface area contributed by atoms with E-state index in [9.17, 15) is 9.59 Å². The first-order chi connectivity index (χ1) is 12.9. The molecule has 1 atom stereocenters. The lowest BCUT2D eigenvalue weighted by molar-refractivity contribution is -0.147. The van der Waals surface area contributed by atoms with Gasteiger partial charge < -0.3 is 14.2 Å². The van der Waals surface area contributed by atoms with Gasteiger partial charge in [0, 0.05) is 0 Å². The van der Waals surface area contributed by atoms with E-state index in [-0.39, 0.29) is 5.91 Å². The second-order valence-corrected chi connectivity index (χ2v) is 7.54. The number of unbranched alkanes of at least 4 members (excludes halogenated alkanes) is 1. The minimum absolute atomic E-state index is 0.315. The summed E-state index contributed by atoms with van der Waals surface area (Å²) in [6.07, 6.45) is 3.74. The van der Waals surface area contributed by atoms with E-state index >= 15 is 0 Å². The SMILES string of the molecule is CCCCOc1ccc(/C=C2\SC(=S)N(C(C)C(=O)OC)C2=O)cc1OC. The average molecular weight is 410 g/mol. The third-order valence-corrected chi connectivity index (χ3v) is 5.32. The number of esters is 1. The molecule has 1 aliphatic rings. The highest BCUT2D eigenvalue weighted by atomic mass is 32.2. The number of thiocarbonyl (C=S) groups is 1. The largest absolute Gasteiger partial charge is 0.493 e. The van der Waals surface area contributed by atoms with Crippen LogP contribution in [0.3, 0.4) is 0 Å². The lowest BCUT2D eigenvalue weighted by atomic mass is 10.1. The molecule has 27 heavy (non-hydrogen) atoms. The van der Waals surface area contributed by atoms with Gasteiger partial charge in [-0.2, -0.15) is 0 Å². The molecular formula is C19H23NO5S2. The Morgan fingerprint density at radius 3 is 2.70 bits per heavy atom.